The maximum absolute atomic E-state index is 12.2. The van der Waals surface area contributed by atoms with Crippen molar-refractivity contribution in [3.63, 3.8) is 0 Å². The molecule has 1 aliphatic rings. The largest absolute Gasteiger partial charge is 0.342 e. The van der Waals surface area contributed by atoms with Crippen LogP contribution in [0.15, 0.2) is 0 Å². The standard InChI is InChI=1S/C13H25N3O2/c1-4-16(5-2)12(17)10-15(3)13(18)11-6-8-14-9-7-11/h11,14H,4-10H2,1-3H3. The van der Waals surface area contributed by atoms with Crippen LogP contribution in [0.5, 0.6) is 0 Å². The molecule has 0 aromatic carbocycles. The first kappa shape index (κ1) is 15.0. The second-order valence-electron chi connectivity index (χ2n) is 4.78. The Balaban J connectivity index is 2.45. The zero-order valence-electron chi connectivity index (χ0n) is 11.7. The fourth-order valence-electron chi connectivity index (χ4n) is 2.34. The Morgan fingerprint density at radius 1 is 1.17 bits per heavy atom. The molecule has 0 aromatic heterocycles. The van der Waals surface area contributed by atoms with Crippen molar-refractivity contribution in [1.29, 1.82) is 0 Å². The lowest BCUT2D eigenvalue weighted by Gasteiger charge is -2.28. The topological polar surface area (TPSA) is 52.7 Å². The Morgan fingerprint density at radius 3 is 2.22 bits per heavy atom. The molecule has 0 bridgehead atoms. The highest BCUT2D eigenvalue weighted by molar-refractivity contribution is 5.85. The summed E-state index contributed by atoms with van der Waals surface area (Å²) in [5.41, 5.74) is 0. The minimum absolute atomic E-state index is 0.0322. The summed E-state index contributed by atoms with van der Waals surface area (Å²) in [6.07, 6.45) is 1.76. The number of amides is 2. The molecule has 104 valence electrons. The molecule has 1 heterocycles. The van der Waals surface area contributed by atoms with E-state index in [2.05, 4.69) is 5.32 Å². The van der Waals surface area contributed by atoms with Gasteiger partial charge in [-0.15, -0.1) is 0 Å². The summed E-state index contributed by atoms with van der Waals surface area (Å²) in [7, 11) is 1.73. The van der Waals surface area contributed by atoms with Gasteiger partial charge in [-0.25, -0.2) is 0 Å². The molecule has 1 N–H and O–H groups in total. The predicted molar refractivity (Wildman–Crippen MR) is 71.2 cm³/mol. The second-order valence-corrected chi connectivity index (χ2v) is 4.78. The summed E-state index contributed by atoms with van der Waals surface area (Å²) in [4.78, 5) is 27.4. The van der Waals surface area contributed by atoms with Crippen molar-refractivity contribution in [2.45, 2.75) is 26.7 Å². The van der Waals surface area contributed by atoms with Gasteiger partial charge in [0.2, 0.25) is 11.8 Å². The number of hydrogen-bond acceptors (Lipinski definition) is 3. The quantitative estimate of drug-likeness (QED) is 0.769. The third-order valence-electron chi connectivity index (χ3n) is 3.55. The summed E-state index contributed by atoms with van der Waals surface area (Å²) in [5, 5.41) is 3.24. The van der Waals surface area contributed by atoms with Crippen molar-refractivity contribution in [3.8, 4) is 0 Å². The molecule has 0 unspecified atom stereocenters. The van der Waals surface area contributed by atoms with Crippen molar-refractivity contribution >= 4 is 11.8 Å². The van der Waals surface area contributed by atoms with Crippen LogP contribution in [0.2, 0.25) is 0 Å². The number of nitrogens with zero attached hydrogens (tertiary/aromatic N) is 2. The first-order valence-corrected chi connectivity index (χ1v) is 6.83. The number of carbonyl (C=O) groups excluding carboxylic acids is 2. The van der Waals surface area contributed by atoms with Crippen LogP contribution in [0.4, 0.5) is 0 Å². The highest BCUT2D eigenvalue weighted by Crippen LogP contribution is 2.14. The van der Waals surface area contributed by atoms with Gasteiger partial charge in [-0.2, -0.15) is 0 Å². The molecule has 1 rings (SSSR count). The smallest absolute Gasteiger partial charge is 0.242 e. The zero-order valence-corrected chi connectivity index (χ0v) is 11.7. The van der Waals surface area contributed by atoms with Crippen molar-refractivity contribution in [3.05, 3.63) is 0 Å². The minimum atomic E-state index is 0.0322. The van der Waals surface area contributed by atoms with Crippen LogP contribution in [-0.4, -0.2) is 61.4 Å². The van der Waals surface area contributed by atoms with E-state index in [1.807, 2.05) is 13.8 Å². The van der Waals surface area contributed by atoms with Gasteiger partial charge >= 0.3 is 0 Å². The molecule has 0 aliphatic carbocycles. The molecule has 0 atom stereocenters. The predicted octanol–water partition coefficient (Wildman–Crippen LogP) is 0.313. The maximum atomic E-state index is 12.2. The fourth-order valence-corrected chi connectivity index (χ4v) is 2.34. The molecule has 0 aromatic rings. The summed E-state index contributed by atoms with van der Waals surface area (Å²) in [6, 6.07) is 0. The van der Waals surface area contributed by atoms with Crippen LogP contribution < -0.4 is 5.32 Å². The second kappa shape index (κ2) is 7.36. The summed E-state index contributed by atoms with van der Waals surface area (Å²) in [5.74, 6) is 0.225. The first-order valence-electron chi connectivity index (χ1n) is 6.83. The van der Waals surface area contributed by atoms with Crippen LogP contribution >= 0.6 is 0 Å². The normalized spacial score (nSPS) is 16.4. The van der Waals surface area contributed by atoms with E-state index in [1.54, 1.807) is 16.8 Å². The molecular weight excluding hydrogens is 230 g/mol. The van der Waals surface area contributed by atoms with E-state index in [0.717, 1.165) is 25.9 Å². The molecule has 2 amide bonds. The van der Waals surface area contributed by atoms with Gasteiger partial charge in [0.15, 0.2) is 0 Å². The molecule has 0 spiro atoms. The lowest BCUT2D eigenvalue weighted by molar-refractivity contribution is -0.142. The molecule has 1 aliphatic heterocycles. The van der Waals surface area contributed by atoms with Crippen molar-refractivity contribution in [2.75, 3.05) is 39.8 Å². The number of nitrogens with one attached hydrogen (secondary N) is 1. The van der Waals surface area contributed by atoms with Crippen LogP contribution in [0.3, 0.4) is 0 Å². The summed E-state index contributed by atoms with van der Waals surface area (Å²) < 4.78 is 0. The van der Waals surface area contributed by atoms with Gasteiger partial charge in [-0.1, -0.05) is 0 Å². The van der Waals surface area contributed by atoms with E-state index >= 15 is 0 Å². The highest BCUT2D eigenvalue weighted by Gasteiger charge is 2.25. The van der Waals surface area contributed by atoms with Gasteiger partial charge < -0.3 is 15.1 Å². The van der Waals surface area contributed by atoms with Gasteiger partial charge in [-0.3, -0.25) is 9.59 Å². The van der Waals surface area contributed by atoms with Gasteiger partial charge in [0, 0.05) is 26.1 Å². The summed E-state index contributed by atoms with van der Waals surface area (Å²) >= 11 is 0. The van der Waals surface area contributed by atoms with Gasteiger partial charge in [0.05, 0.1) is 6.54 Å². The molecule has 0 radical (unpaired) electrons. The highest BCUT2D eigenvalue weighted by atomic mass is 16.2. The molecule has 1 saturated heterocycles. The molecule has 18 heavy (non-hydrogen) atoms. The number of hydrogen-bond donors (Lipinski definition) is 1. The number of likely N-dealkylation sites (N-methyl/N-ethyl adjacent to an activating group) is 2. The Hall–Kier alpha value is -1.10. The molecule has 0 saturated carbocycles. The van der Waals surface area contributed by atoms with E-state index < -0.39 is 0 Å². The Morgan fingerprint density at radius 2 is 1.72 bits per heavy atom. The Labute approximate surface area is 110 Å². The molecule has 5 heteroatoms. The monoisotopic (exact) mass is 255 g/mol. The molecular formula is C13H25N3O2. The Kier molecular flexibility index (Phi) is 6.12. The Bertz CT molecular complexity index is 284. The molecule has 5 nitrogen and oxygen atoms in total. The number of piperidine rings is 1. The SMILES string of the molecule is CCN(CC)C(=O)CN(C)C(=O)C1CCNCC1. The van der Waals surface area contributed by atoms with E-state index in [9.17, 15) is 9.59 Å². The van der Waals surface area contributed by atoms with E-state index in [1.165, 1.54) is 0 Å². The molecule has 1 fully saturated rings. The fraction of sp³-hybridized carbons (Fsp3) is 0.846. The average Bonchev–Trinajstić information content (AvgIpc) is 2.40. The first-order chi connectivity index (χ1) is 8.60. The van der Waals surface area contributed by atoms with Crippen molar-refractivity contribution in [1.82, 2.24) is 15.1 Å². The average molecular weight is 255 g/mol. The van der Waals surface area contributed by atoms with E-state index in [0.29, 0.717) is 13.1 Å². The maximum Gasteiger partial charge on any atom is 0.242 e. The van der Waals surface area contributed by atoms with Crippen LogP contribution in [0, 0.1) is 5.92 Å². The zero-order chi connectivity index (χ0) is 13.5. The van der Waals surface area contributed by atoms with Crippen LogP contribution in [0.1, 0.15) is 26.7 Å². The lowest BCUT2D eigenvalue weighted by Crippen LogP contribution is -2.44. The van der Waals surface area contributed by atoms with Crippen LogP contribution in [0.25, 0.3) is 0 Å². The lowest BCUT2D eigenvalue weighted by atomic mass is 9.97. The minimum Gasteiger partial charge on any atom is -0.342 e. The van der Waals surface area contributed by atoms with Gasteiger partial charge in [0.1, 0.15) is 0 Å². The summed E-state index contributed by atoms with van der Waals surface area (Å²) in [6.45, 7) is 7.30. The third kappa shape index (κ3) is 3.98. The van der Waals surface area contributed by atoms with Gasteiger partial charge in [0.25, 0.3) is 0 Å². The van der Waals surface area contributed by atoms with Gasteiger partial charge in [-0.05, 0) is 39.8 Å². The van der Waals surface area contributed by atoms with Crippen molar-refractivity contribution in [2.24, 2.45) is 5.92 Å². The number of rotatable bonds is 5. The van der Waals surface area contributed by atoms with Crippen LogP contribution in [-0.2, 0) is 9.59 Å². The van der Waals surface area contributed by atoms with E-state index in [4.69, 9.17) is 0 Å². The van der Waals surface area contributed by atoms with Crippen molar-refractivity contribution < 1.29 is 9.59 Å². The number of carbonyl (C=O) groups is 2. The third-order valence-corrected chi connectivity index (χ3v) is 3.55. The van der Waals surface area contributed by atoms with E-state index in [-0.39, 0.29) is 24.3 Å².